The highest BCUT2D eigenvalue weighted by molar-refractivity contribution is 7.89. The van der Waals surface area contributed by atoms with Gasteiger partial charge in [0.2, 0.25) is 10.0 Å². The van der Waals surface area contributed by atoms with Gasteiger partial charge in [-0.1, -0.05) is 18.5 Å². The molecule has 0 aromatic heterocycles. The van der Waals surface area contributed by atoms with Gasteiger partial charge in [0.25, 0.3) is 5.91 Å². The third-order valence-corrected chi connectivity index (χ3v) is 5.57. The Balaban J connectivity index is 1.99. The van der Waals surface area contributed by atoms with Gasteiger partial charge in [0.15, 0.2) is 6.61 Å². The summed E-state index contributed by atoms with van der Waals surface area (Å²) < 4.78 is 42.4. The van der Waals surface area contributed by atoms with Crippen LogP contribution in [0.3, 0.4) is 0 Å². The van der Waals surface area contributed by atoms with Gasteiger partial charge in [0.1, 0.15) is 17.2 Å². The predicted octanol–water partition coefficient (Wildman–Crippen LogP) is 3.06. The minimum absolute atomic E-state index is 0.126. The van der Waals surface area contributed by atoms with Crippen molar-refractivity contribution in [2.75, 3.05) is 32.7 Å². The van der Waals surface area contributed by atoms with Crippen LogP contribution in [0.15, 0.2) is 41.3 Å². The predicted molar refractivity (Wildman–Crippen MR) is 111 cm³/mol. The Bertz CT molecular complexity index is 948. The van der Waals surface area contributed by atoms with E-state index in [9.17, 15) is 13.2 Å². The lowest BCUT2D eigenvalue weighted by molar-refractivity contribution is -0.118. The fraction of sp³-hybridized carbons (Fsp3) is 0.316. The first-order valence-corrected chi connectivity index (χ1v) is 10.6. The first kappa shape index (κ1) is 22.8. The van der Waals surface area contributed by atoms with E-state index in [1.165, 1.54) is 44.6 Å². The van der Waals surface area contributed by atoms with E-state index in [2.05, 4.69) is 10.0 Å². The van der Waals surface area contributed by atoms with Gasteiger partial charge in [-0.25, -0.2) is 13.1 Å². The molecule has 0 spiro atoms. The highest BCUT2D eigenvalue weighted by Gasteiger charge is 2.15. The summed E-state index contributed by atoms with van der Waals surface area (Å²) in [6.45, 7) is 1.95. The van der Waals surface area contributed by atoms with Crippen molar-refractivity contribution < 1.29 is 27.4 Å². The first-order valence-electron chi connectivity index (χ1n) is 8.74. The van der Waals surface area contributed by atoms with E-state index in [0.29, 0.717) is 40.9 Å². The molecule has 0 atom stereocenters. The van der Waals surface area contributed by atoms with Crippen LogP contribution in [0.1, 0.15) is 13.3 Å². The van der Waals surface area contributed by atoms with Crippen molar-refractivity contribution in [3.8, 4) is 17.2 Å². The Labute approximate surface area is 175 Å². The molecule has 29 heavy (non-hydrogen) atoms. The van der Waals surface area contributed by atoms with Crippen molar-refractivity contribution in [3.05, 3.63) is 41.4 Å². The summed E-state index contributed by atoms with van der Waals surface area (Å²) in [5, 5.41) is 3.01. The Kier molecular flexibility index (Phi) is 8.12. The number of anilines is 1. The van der Waals surface area contributed by atoms with Crippen LogP contribution in [-0.4, -0.2) is 41.7 Å². The van der Waals surface area contributed by atoms with Crippen LogP contribution in [0.4, 0.5) is 5.69 Å². The topological polar surface area (TPSA) is 103 Å². The van der Waals surface area contributed by atoms with E-state index < -0.39 is 15.9 Å². The maximum atomic E-state index is 12.2. The van der Waals surface area contributed by atoms with Gasteiger partial charge in [-0.2, -0.15) is 0 Å². The molecule has 2 N–H and O–H groups in total. The molecule has 0 bridgehead atoms. The molecule has 158 valence electrons. The minimum Gasteiger partial charge on any atom is -0.495 e. The van der Waals surface area contributed by atoms with Gasteiger partial charge >= 0.3 is 0 Å². The highest BCUT2D eigenvalue weighted by atomic mass is 35.5. The number of carbonyl (C=O) groups excluding carboxylic acids is 1. The maximum Gasteiger partial charge on any atom is 0.262 e. The monoisotopic (exact) mass is 442 g/mol. The number of nitrogens with one attached hydrogen (secondary N) is 2. The highest BCUT2D eigenvalue weighted by Crippen LogP contribution is 2.35. The normalized spacial score (nSPS) is 11.0. The molecule has 0 unspecified atom stereocenters. The van der Waals surface area contributed by atoms with E-state index in [4.69, 9.17) is 25.8 Å². The van der Waals surface area contributed by atoms with Gasteiger partial charge in [0.05, 0.1) is 29.8 Å². The minimum atomic E-state index is -3.55. The van der Waals surface area contributed by atoms with E-state index in [1.807, 2.05) is 6.92 Å². The molecule has 0 aliphatic carbocycles. The van der Waals surface area contributed by atoms with Crippen molar-refractivity contribution >= 4 is 33.2 Å². The van der Waals surface area contributed by atoms with Crippen LogP contribution in [-0.2, 0) is 14.8 Å². The summed E-state index contributed by atoms with van der Waals surface area (Å²) in [4.78, 5) is 12.3. The number of ether oxygens (including phenoxy) is 3. The van der Waals surface area contributed by atoms with Gasteiger partial charge in [0, 0.05) is 18.7 Å². The third-order valence-electron chi connectivity index (χ3n) is 3.79. The van der Waals surface area contributed by atoms with Gasteiger partial charge in [-0.05, 0) is 30.7 Å². The smallest absolute Gasteiger partial charge is 0.262 e. The van der Waals surface area contributed by atoms with E-state index >= 15 is 0 Å². The fourth-order valence-electron chi connectivity index (χ4n) is 2.33. The van der Waals surface area contributed by atoms with E-state index in [1.54, 1.807) is 6.07 Å². The zero-order valence-electron chi connectivity index (χ0n) is 16.3. The van der Waals surface area contributed by atoms with Crippen molar-refractivity contribution in [2.45, 2.75) is 18.2 Å². The number of sulfonamides is 1. The molecular weight excluding hydrogens is 420 g/mol. The average molecular weight is 443 g/mol. The number of hydrogen-bond acceptors (Lipinski definition) is 6. The fourth-order valence-corrected chi connectivity index (χ4v) is 3.69. The number of hydrogen-bond donors (Lipinski definition) is 2. The van der Waals surface area contributed by atoms with Crippen LogP contribution >= 0.6 is 11.6 Å². The Morgan fingerprint density at radius 1 is 1.07 bits per heavy atom. The SMILES string of the molecule is CCCNS(=O)(=O)c1ccc(OCC(=O)Nc2cc(OC)c(Cl)cc2OC)cc1. The summed E-state index contributed by atoms with van der Waals surface area (Å²) in [6, 6.07) is 8.88. The molecular formula is C19H23ClN2O6S. The summed E-state index contributed by atoms with van der Waals surface area (Å²) in [5.74, 6) is 0.680. The van der Waals surface area contributed by atoms with Crippen molar-refractivity contribution in [1.29, 1.82) is 0 Å². The number of benzene rings is 2. The number of rotatable bonds is 10. The number of carbonyl (C=O) groups is 1. The first-order chi connectivity index (χ1) is 13.8. The molecule has 0 radical (unpaired) electrons. The zero-order valence-corrected chi connectivity index (χ0v) is 17.9. The molecule has 0 aliphatic rings. The summed E-state index contributed by atoms with van der Waals surface area (Å²) in [7, 11) is -0.634. The van der Waals surface area contributed by atoms with Crippen molar-refractivity contribution in [3.63, 3.8) is 0 Å². The standard InChI is InChI=1S/C19H23ClN2O6S/c1-4-9-21-29(24,25)14-7-5-13(6-8-14)28-12-19(23)22-16-11-17(26-2)15(20)10-18(16)27-3/h5-8,10-11,21H,4,9,12H2,1-3H3,(H,22,23). The quantitative estimate of drug-likeness (QED) is 0.586. The van der Waals surface area contributed by atoms with Crippen molar-refractivity contribution in [2.24, 2.45) is 0 Å². The molecule has 2 rings (SSSR count). The van der Waals surface area contributed by atoms with Crippen LogP contribution in [0.2, 0.25) is 5.02 Å². The largest absolute Gasteiger partial charge is 0.495 e. The molecule has 0 heterocycles. The second-order valence-corrected chi connectivity index (χ2v) is 8.07. The average Bonchev–Trinajstić information content (AvgIpc) is 2.72. The van der Waals surface area contributed by atoms with E-state index in [0.717, 1.165) is 0 Å². The lowest BCUT2D eigenvalue weighted by Crippen LogP contribution is -2.24. The van der Waals surface area contributed by atoms with Crippen LogP contribution in [0.25, 0.3) is 0 Å². The summed E-state index contributed by atoms with van der Waals surface area (Å²) in [5.41, 5.74) is 0.380. The molecule has 0 saturated heterocycles. The second kappa shape index (κ2) is 10.3. The summed E-state index contributed by atoms with van der Waals surface area (Å²) >= 11 is 6.04. The van der Waals surface area contributed by atoms with Gasteiger partial charge < -0.3 is 19.5 Å². The molecule has 1 amide bonds. The van der Waals surface area contributed by atoms with Crippen LogP contribution in [0, 0.1) is 0 Å². The number of amides is 1. The molecule has 10 heteroatoms. The van der Waals surface area contributed by atoms with Crippen LogP contribution < -0.4 is 24.2 Å². The van der Waals surface area contributed by atoms with Crippen LogP contribution in [0.5, 0.6) is 17.2 Å². The van der Waals surface area contributed by atoms with Gasteiger partial charge in [-0.3, -0.25) is 4.79 Å². The molecule has 0 aliphatic heterocycles. The second-order valence-electron chi connectivity index (χ2n) is 5.89. The third kappa shape index (κ3) is 6.25. The zero-order chi connectivity index (χ0) is 21.4. The molecule has 8 nitrogen and oxygen atoms in total. The lowest BCUT2D eigenvalue weighted by Gasteiger charge is -2.13. The Hall–Kier alpha value is -2.49. The van der Waals surface area contributed by atoms with E-state index in [-0.39, 0.29) is 11.5 Å². The molecule has 0 saturated carbocycles. The number of methoxy groups -OCH3 is 2. The molecule has 0 fully saturated rings. The van der Waals surface area contributed by atoms with Crippen molar-refractivity contribution in [1.82, 2.24) is 4.72 Å². The molecule has 2 aromatic rings. The Morgan fingerprint density at radius 3 is 2.31 bits per heavy atom. The molecule has 2 aromatic carbocycles. The lowest BCUT2D eigenvalue weighted by atomic mass is 10.2. The summed E-state index contributed by atoms with van der Waals surface area (Å²) in [6.07, 6.45) is 0.694. The number of halogens is 1. The van der Waals surface area contributed by atoms with Gasteiger partial charge in [-0.15, -0.1) is 0 Å². The maximum absolute atomic E-state index is 12.2. The Morgan fingerprint density at radius 2 is 1.72 bits per heavy atom.